The smallest absolute Gasteiger partial charge is 0.264 e. The van der Waals surface area contributed by atoms with E-state index in [0.29, 0.717) is 24.6 Å². The lowest BCUT2D eigenvalue weighted by Gasteiger charge is -2.16. The van der Waals surface area contributed by atoms with E-state index in [4.69, 9.17) is 0 Å². The van der Waals surface area contributed by atoms with Gasteiger partial charge in [0, 0.05) is 12.0 Å². The van der Waals surface area contributed by atoms with Crippen molar-refractivity contribution in [1.29, 1.82) is 0 Å². The van der Waals surface area contributed by atoms with Crippen LogP contribution in [0.4, 0.5) is 0 Å². The van der Waals surface area contributed by atoms with Crippen LogP contribution < -0.4 is 5.69 Å². The lowest BCUT2D eigenvalue weighted by molar-refractivity contribution is 0.340. The summed E-state index contributed by atoms with van der Waals surface area (Å²) >= 11 is 0. The molecule has 4 aromatic rings. The van der Waals surface area contributed by atoms with E-state index in [1.54, 1.807) is 4.57 Å². The molecule has 2 aromatic carbocycles. The van der Waals surface area contributed by atoms with Gasteiger partial charge in [0.2, 0.25) is 5.82 Å². The number of benzene rings is 2. The molecule has 2 heterocycles. The molecule has 0 saturated heterocycles. The minimum atomic E-state index is -0.423. The van der Waals surface area contributed by atoms with E-state index in [9.17, 15) is 4.79 Å². The molecule has 0 bridgehead atoms. The third-order valence-corrected chi connectivity index (χ3v) is 5.01. The second-order valence-corrected chi connectivity index (χ2v) is 8.42. The van der Waals surface area contributed by atoms with E-state index in [-0.39, 0.29) is 5.69 Å². The molecule has 0 aliphatic heterocycles. The first-order valence-electron chi connectivity index (χ1n) is 10.5. The molecule has 0 radical (unpaired) electrons. The molecular formula is C24H25N7O. The van der Waals surface area contributed by atoms with Crippen molar-refractivity contribution < 1.29 is 0 Å². The van der Waals surface area contributed by atoms with Crippen LogP contribution in [-0.4, -0.2) is 35.0 Å². The molecule has 0 saturated carbocycles. The summed E-state index contributed by atoms with van der Waals surface area (Å²) < 4.78 is 3.14. The Balaban J connectivity index is 1.68. The number of aromatic amines is 1. The van der Waals surface area contributed by atoms with Crippen LogP contribution in [0.5, 0.6) is 0 Å². The van der Waals surface area contributed by atoms with Gasteiger partial charge in [-0.15, -0.1) is 10.2 Å². The second kappa shape index (κ2) is 8.63. The van der Waals surface area contributed by atoms with E-state index >= 15 is 0 Å². The predicted molar refractivity (Wildman–Crippen MR) is 123 cm³/mol. The minimum absolute atomic E-state index is 0.162. The number of hydrogen-bond donors (Lipinski definition) is 1. The summed E-state index contributed by atoms with van der Waals surface area (Å²) in [5, 5.41) is 18.7. The highest BCUT2D eigenvalue weighted by Gasteiger charge is 2.22. The largest absolute Gasteiger partial charge is 0.347 e. The fourth-order valence-electron chi connectivity index (χ4n) is 3.42. The van der Waals surface area contributed by atoms with Crippen LogP contribution in [0.3, 0.4) is 0 Å². The van der Waals surface area contributed by atoms with Crippen LogP contribution in [0.1, 0.15) is 45.5 Å². The lowest BCUT2D eigenvalue weighted by Crippen LogP contribution is -2.35. The van der Waals surface area contributed by atoms with E-state index in [2.05, 4.69) is 37.6 Å². The SMILES string of the molecule is CCC#Cc1nn(C(C)(C)C)c(=O)n1Cc1ccc(-c2ccccc2-c2nnn[nH]2)cc1. The van der Waals surface area contributed by atoms with Crippen molar-refractivity contribution in [3.8, 4) is 34.4 Å². The Bertz CT molecular complexity index is 1330. The standard InChI is InChI=1S/C24H25N7O/c1-5-6-11-21-27-31(24(2,3)4)23(32)30(21)16-17-12-14-18(15-13-17)19-9-7-8-10-20(19)22-25-28-29-26-22/h7-10,12-15H,5,16H2,1-4H3,(H,25,26,28,29). The van der Waals surface area contributed by atoms with Crippen molar-refractivity contribution >= 4 is 0 Å². The average molecular weight is 428 g/mol. The van der Waals surface area contributed by atoms with Crippen LogP contribution >= 0.6 is 0 Å². The highest BCUT2D eigenvalue weighted by Crippen LogP contribution is 2.29. The third-order valence-electron chi connectivity index (χ3n) is 5.01. The van der Waals surface area contributed by atoms with Crippen molar-refractivity contribution in [1.82, 2.24) is 35.0 Å². The van der Waals surface area contributed by atoms with Crippen LogP contribution in [0.2, 0.25) is 0 Å². The van der Waals surface area contributed by atoms with Gasteiger partial charge in [0.15, 0.2) is 5.82 Å². The average Bonchev–Trinajstić information content (AvgIpc) is 3.42. The summed E-state index contributed by atoms with van der Waals surface area (Å²) in [5.74, 6) is 7.16. The normalized spacial score (nSPS) is 11.2. The van der Waals surface area contributed by atoms with Gasteiger partial charge in [-0.05, 0) is 53.8 Å². The minimum Gasteiger partial charge on any atom is -0.264 e. The molecule has 162 valence electrons. The van der Waals surface area contributed by atoms with Gasteiger partial charge in [0.25, 0.3) is 0 Å². The van der Waals surface area contributed by atoms with Gasteiger partial charge in [0.05, 0.1) is 12.1 Å². The number of aromatic nitrogens is 7. The Morgan fingerprint density at radius 3 is 2.38 bits per heavy atom. The molecule has 8 heteroatoms. The molecule has 0 atom stereocenters. The first-order chi connectivity index (χ1) is 15.4. The second-order valence-electron chi connectivity index (χ2n) is 8.42. The number of hydrogen-bond acceptors (Lipinski definition) is 5. The Labute approximate surface area is 186 Å². The number of H-pyrrole nitrogens is 1. The highest BCUT2D eigenvalue weighted by atomic mass is 16.2. The third kappa shape index (κ3) is 4.23. The van der Waals surface area contributed by atoms with Gasteiger partial charge < -0.3 is 0 Å². The maximum Gasteiger partial charge on any atom is 0.347 e. The Hall–Kier alpha value is -3.99. The molecule has 0 amide bonds. The summed E-state index contributed by atoms with van der Waals surface area (Å²) in [6.07, 6.45) is 0.700. The van der Waals surface area contributed by atoms with Gasteiger partial charge in [-0.3, -0.25) is 4.57 Å². The Morgan fingerprint density at radius 2 is 1.75 bits per heavy atom. The van der Waals surface area contributed by atoms with Crippen LogP contribution in [0.25, 0.3) is 22.5 Å². The van der Waals surface area contributed by atoms with E-state index in [1.165, 1.54) is 4.68 Å². The quantitative estimate of drug-likeness (QED) is 0.504. The summed E-state index contributed by atoms with van der Waals surface area (Å²) in [6, 6.07) is 16.0. The summed E-state index contributed by atoms with van der Waals surface area (Å²) in [5.41, 5.74) is 3.38. The number of nitrogens with zero attached hydrogens (tertiary/aromatic N) is 6. The molecule has 0 aliphatic rings. The zero-order chi connectivity index (χ0) is 22.7. The van der Waals surface area contributed by atoms with Crippen LogP contribution in [-0.2, 0) is 12.1 Å². The molecule has 8 nitrogen and oxygen atoms in total. The van der Waals surface area contributed by atoms with E-state index < -0.39 is 5.54 Å². The monoisotopic (exact) mass is 427 g/mol. The van der Waals surface area contributed by atoms with Crippen LogP contribution in [0, 0.1) is 11.8 Å². The molecule has 1 N–H and O–H groups in total. The van der Waals surface area contributed by atoms with Crippen LogP contribution in [0.15, 0.2) is 53.3 Å². The van der Waals surface area contributed by atoms with Gasteiger partial charge in [-0.25, -0.2) is 14.6 Å². The van der Waals surface area contributed by atoms with E-state index in [1.807, 2.05) is 76.2 Å². The van der Waals surface area contributed by atoms with Crippen molar-refractivity contribution in [2.75, 3.05) is 0 Å². The highest BCUT2D eigenvalue weighted by molar-refractivity contribution is 5.80. The summed E-state index contributed by atoms with van der Waals surface area (Å²) in [6.45, 7) is 8.25. The molecule has 0 spiro atoms. The molecule has 0 unspecified atom stereocenters. The fourth-order valence-corrected chi connectivity index (χ4v) is 3.42. The topological polar surface area (TPSA) is 94.3 Å². The molecule has 2 aromatic heterocycles. The first kappa shape index (κ1) is 21.2. The van der Waals surface area contributed by atoms with E-state index in [0.717, 1.165) is 22.3 Å². The molecule has 0 fully saturated rings. The Morgan fingerprint density at radius 1 is 1.03 bits per heavy atom. The maximum atomic E-state index is 13.0. The molecule has 0 aliphatic carbocycles. The van der Waals surface area contributed by atoms with Crippen molar-refractivity contribution in [3.05, 3.63) is 70.4 Å². The first-order valence-corrected chi connectivity index (χ1v) is 10.5. The predicted octanol–water partition coefficient (Wildman–Crippen LogP) is 3.46. The zero-order valence-corrected chi connectivity index (χ0v) is 18.6. The summed E-state index contributed by atoms with van der Waals surface area (Å²) in [7, 11) is 0. The molecular weight excluding hydrogens is 402 g/mol. The zero-order valence-electron chi connectivity index (χ0n) is 18.6. The van der Waals surface area contributed by atoms with Gasteiger partial charge in [-0.2, -0.15) is 0 Å². The van der Waals surface area contributed by atoms with Gasteiger partial charge in [-0.1, -0.05) is 61.4 Å². The maximum absolute atomic E-state index is 13.0. The van der Waals surface area contributed by atoms with Gasteiger partial charge in [0.1, 0.15) is 0 Å². The number of rotatable bonds is 4. The molecule has 32 heavy (non-hydrogen) atoms. The van der Waals surface area contributed by atoms with Crippen molar-refractivity contribution in [3.63, 3.8) is 0 Å². The van der Waals surface area contributed by atoms with Gasteiger partial charge >= 0.3 is 5.69 Å². The van der Waals surface area contributed by atoms with Crippen molar-refractivity contribution in [2.45, 2.75) is 46.2 Å². The molecule has 4 rings (SSSR count). The Kier molecular flexibility index (Phi) is 5.73. The summed E-state index contributed by atoms with van der Waals surface area (Å²) in [4.78, 5) is 13.0. The number of tetrazole rings is 1. The van der Waals surface area contributed by atoms with Crippen molar-refractivity contribution in [2.24, 2.45) is 0 Å². The lowest BCUT2D eigenvalue weighted by atomic mass is 9.98. The fraction of sp³-hybridized carbons (Fsp3) is 0.292. The number of nitrogens with one attached hydrogen (secondary N) is 1.